The van der Waals surface area contributed by atoms with Gasteiger partial charge in [-0.05, 0) is 61.4 Å². The summed E-state index contributed by atoms with van der Waals surface area (Å²) in [7, 11) is 3.94. The number of ketones is 1. The molecule has 5 heteroatoms. The van der Waals surface area contributed by atoms with Crippen molar-refractivity contribution in [2.45, 2.75) is 13.8 Å². The molecule has 1 aliphatic heterocycles. The quantitative estimate of drug-likeness (QED) is 0.334. The fourth-order valence-corrected chi connectivity index (χ4v) is 3.46. The van der Waals surface area contributed by atoms with Crippen LogP contribution in [0, 0.1) is 13.8 Å². The van der Waals surface area contributed by atoms with E-state index in [9.17, 15) is 9.59 Å². The van der Waals surface area contributed by atoms with E-state index in [1.807, 2.05) is 62.3 Å². The average Bonchev–Trinajstić information content (AvgIpc) is 3.07. The van der Waals surface area contributed by atoms with Gasteiger partial charge in [-0.2, -0.15) is 0 Å². The first kappa shape index (κ1) is 20.4. The fourth-order valence-electron chi connectivity index (χ4n) is 3.46. The Morgan fingerprint density at radius 1 is 0.968 bits per heavy atom. The van der Waals surface area contributed by atoms with Gasteiger partial charge < -0.3 is 14.4 Å². The smallest absolute Gasteiger partial charge is 0.343 e. The van der Waals surface area contributed by atoms with Gasteiger partial charge in [-0.1, -0.05) is 30.3 Å². The molecule has 0 radical (unpaired) electrons. The summed E-state index contributed by atoms with van der Waals surface area (Å²) in [6.45, 7) is 3.64. The number of hydrogen-bond acceptors (Lipinski definition) is 5. The molecule has 0 aromatic heterocycles. The van der Waals surface area contributed by atoms with Gasteiger partial charge in [0.25, 0.3) is 0 Å². The predicted octanol–water partition coefficient (Wildman–Crippen LogP) is 5.20. The molecule has 0 unspecified atom stereocenters. The summed E-state index contributed by atoms with van der Waals surface area (Å²) in [4.78, 5) is 27.4. The minimum absolute atomic E-state index is 0.188. The second kappa shape index (κ2) is 8.11. The number of Topliss-reactive ketones (excluding diaryl/α,β-unsaturated/α-hetero) is 1. The van der Waals surface area contributed by atoms with E-state index < -0.39 is 5.97 Å². The Morgan fingerprint density at radius 3 is 2.35 bits per heavy atom. The lowest BCUT2D eigenvalue weighted by molar-refractivity contribution is 0.0732. The minimum atomic E-state index is -0.442. The van der Waals surface area contributed by atoms with Crippen molar-refractivity contribution in [3.8, 4) is 11.5 Å². The molecule has 1 heterocycles. The van der Waals surface area contributed by atoms with Crippen molar-refractivity contribution in [3.63, 3.8) is 0 Å². The molecule has 156 valence electrons. The highest BCUT2D eigenvalue weighted by molar-refractivity contribution is 6.15. The molecular weight excluding hydrogens is 390 g/mol. The van der Waals surface area contributed by atoms with Crippen molar-refractivity contribution < 1.29 is 19.1 Å². The maximum Gasteiger partial charge on any atom is 0.343 e. The molecule has 0 saturated heterocycles. The molecule has 0 N–H and O–H groups in total. The van der Waals surface area contributed by atoms with E-state index in [1.54, 1.807) is 37.3 Å². The number of benzene rings is 3. The van der Waals surface area contributed by atoms with Gasteiger partial charge in [0, 0.05) is 25.3 Å². The van der Waals surface area contributed by atoms with Crippen LogP contribution in [0.3, 0.4) is 0 Å². The van der Waals surface area contributed by atoms with Crippen LogP contribution in [0.1, 0.15) is 37.4 Å². The van der Waals surface area contributed by atoms with Crippen LogP contribution in [0.4, 0.5) is 5.69 Å². The summed E-state index contributed by atoms with van der Waals surface area (Å²) < 4.78 is 11.5. The lowest BCUT2D eigenvalue weighted by atomic mass is 10.1. The molecule has 0 atom stereocenters. The lowest BCUT2D eigenvalue weighted by Gasteiger charge is -2.12. The first-order valence-electron chi connectivity index (χ1n) is 9.98. The Labute approximate surface area is 181 Å². The highest BCUT2D eigenvalue weighted by atomic mass is 16.5. The number of allylic oxidation sites excluding steroid dienone is 1. The SMILES string of the molecule is Cc1ccccc1C(=O)Oc1ccc2c(c1C)O/C(=C\c1ccc(N(C)C)cc1)C2=O. The minimum Gasteiger partial charge on any atom is -0.452 e. The third-order valence-electron chi connectivity index (χ3n) is 5.31. The van der Waals surface area contributed by atoms with Gasteiger partial charge in [0.2, 0.25) is 5.78 Å². The molecule has 1 aliphatic rings. The van der Waals surface area contributed by atoms with E-state index in [1.165, 1.54) is 0 Å². The molecule has 31 heavy (non-hydrogen) atoms. The molecule has 0 fully saturated rings. The van der Waals surface area contributed by atoms with Crippen molar-refractivity contribution in [3.05, 3.63) is 94.2 Å². The summed E-state index contributed by atoms with van der Waals surface area (Å²) >= 11 is 0. The van der Waals surface area contributed by atoms with Gasteiger partial charge in [0.15, 0.2) is 5.76 Å². The number of carbonyl (C=O) groups is 2. The molecule has 0 saturated carbocycles. The Morgan fingerprint density at radius 2 is 1.68 bits per heavy atom. The summed E-state index contributed by atoms with van der Waals surface area (Å²) in [5, 5.41) is 0. The molecule has 0 bridgehead atoms. The van der Waals surface area contributed by atoms with Gasteiger partial charge in [-0.15, -0.1) is 0 Å². The highest BCUT2D eigenvalue weighted by Gasteiger charge is 2.30. The van der Waals surface area contributed by atoms with Gasteiger partial charge in [0.05, 0.1) is 11.1 Å². The zero-order valence-corrected chi connectivity index (χ0v) is 17.9. The summed E-state index contributed by atoms with van der Waals surface area (Å²) in [5.41, 5.74) is 4.35. The molecule has 0 spiro atoms. The van der Waals surface area contributed by atoms with Crippen molar-refractivity contribution in [1.82, 2.24) is 0 Å². The molecule has 3 aromatic rings. The summed E-state index contributed by atoms with van der Waals surface area (Å²) in [6.07, 6.45) is 1.72. The second-order valence-electron chi connectivity index (χ2n) is 7.70. The molecule has 0 amide bonds. The zero-order valence-electron chi connectivity index (χ0n) is 17.9. The molecule has 3 aromatic carbocycles. The number of anilines is 1. The molecule has 4 rings (SSSR count). The monoisotopic (exact) mass is 413 g/mol. The average molecular weight is 413 g/mol. The number of ether oxygens (including phenoxy) is 2. The van der Waals surface area contributed by atoms with E-state index in [0.717, 1.165) is 16.8 Å². The van der Waals surface area contributed by atoms with Crippen molar-refractivity contribution in [2.24, 2.45) is 0 Å². The van der Waals surface area contributed by atoms with E-state index in [2.05, 4.69) is 0 Å². The maximum atomic E-state index is 12.8. The van der Waals surface area contributed by atoms with Crippen LogP contribution in [-0.2, 0) is 0 Å². The number of esters is 1. The third kappa shape index (κ3) is 3.94. The molecular formula is C26H23NO4. The van der Waals surface area contributed by atoms with Crippen LogP contribution < -0.4 is 14.4 Å². The predicted molar refractivity (Wildman–Crippen MR) is 121 cm³/mol. The topological polar surface area (TPSA) is 55.8 Å². The van der Waals surface area contributed by atoms with Crippen LogP contribution in [0.15, 0.2) is 66.4 Å². The van der Waals surface area contributed by atoms with Crippen LogP contribution in [0.2, 0.25) is 0 Å². The first-order valence-corrected chi connectivity index (χ1v) is 9.98. The fraction of sp³-hybridized carbons (Fsp3) is 0.154. The van der Waals surface area contributed by atoms with E-state index in [0.29, 0.717) is 28.2 Å². The van der Waals surface area contributed by atoms with Crippen LogP contribution >= 0.6 is 0 Å². The Hall–Kier alpha value is -3.86. The van der Waals surface area contributed by atoms with E-state index in [4.69, 9.17) is 9.47 Å². The van der Waals surface area contributed by atoms with Crippen molar-refractivity contribution in [2.75, 3.05) is 19.0 Å². The second-order valence-corrected chi connectivity index (χ2v) is 7.70. The number of nitrogens with zero attached hydrogens (tertiary/aromatic N) is 1. The van der Waals surface area contributed by atoms with Gasteiger partial charge in [-0.25, -0.2) is 4.79 Å². The Balaban J connectivity index is 1.59. The largest absolute Gasteiger partial charge is 0.452 e. The summed E-state index contributed by atoms with van der Waals surface area (Å²) in [5.74, 6) is 0.416. The van der Waals surface area contributed by atoms with Crippen LogP contribution in [-0.4, -0.2) is 25.8 Å². The van der Waals surface area contributed by atoms with Crippen molar-refractivity contribution >= 4 is 23.5 Å². The molecule has 0 aliphatic carbocycles. The molecule has 5 nitrogen and oxygen atoms in total. The standard InChI is InChI=1S/C26H23NO4/c1-16-7-5-6-8-20(16)26(29)31-22-14-13-21-24(28)23(30-25(21)17(22)2)15-18-9-11-19(12-10-18)27(3)4/h5-15H,1-4H3/b23-15-. The normalized spacial score (nSPS) is 13.7. The first-order chi connectivity index (χ1) is 14.8. The van der Waals surface area contributed by atoms with E-state index in [-0.39, 0.29) is 11.5 Å². The number of hydrogen-bond donors (Lipinski definition) is 0. The van der Waals surface area contributed by atoms with E-state index >= 15 is 0 Å². The number of rotatable bonds is 4. The zero-order chi connectivity index (χ0) is 22.1. The number of carbonyl (C=O) groups excluding carboxylic acids is 2. The van der Waals surface area contributed by atoms with Gasteiger partial charge in [0.1, 0.15) is 11.5 Å². The Kier molecular flexibility index (Phi) is 5.34. The van der Waals surface area contributed by atoms with Gasteiger partial charge in [-0.3, -0.25) is 4.79 Å². The maximum absolute atomic E-state index is 12.8. The lowest BCUT2D eigenvalue weighted by Crippen LogP contribution is -2.11. The summed E-state index contributed by atoms with van der Waals surface area (Å²) in [6, 6.07) is 18.4. The number of fused-ring (bicyclic) bond motifs is 1. The van der Waals surface area contributed by atoms with Gasteiger partial charge >= 0.3 is 5.97 Å². The van der Waals surface area contributed by atoms with Crippen molar-refractivity contribution in [1.29, 1.82) is 0 Å². The third-order valence-corrected chi connectivity index (χ3v) is 5.31. The van der Waals surface area contributed by atoms with Crippen LogP contribution in [0.5, 0.6) is 11.5 Å². The highest BCUT2D eigenvalue weighted by Crippen LogP contribution is 2.39. The van der Waals surface area contributed by atoms with Crippen LogP contribution in [0.25, 0.3) is 6.08 Å². The Bertz CT molecular complexity index is 1210. The number of aryl methyl sites for hydroxylation is 1.